The summed E-state index contributed by atoms with van der Waals surface area (Å²) in [6.07, 6.45) is -2.92. The molecule has 1 heterocycles. The number of nitriles is 1. The number of nitrogens with one attached hydrogen (secondary N) is 1. The van der Waals surface area contributed by atoms with Crippen molar-refractivity contribution in [1.29, 1.82) is 5.26 Å². The predicted molar refractivity (Wildman–Crippen MR) is 49.0 cm³/mol. The minimum atomic E-state index is -2.75. The van der Waals surface area contributed by atoms with Gasteiger partial charge in [-0.25, -0.2) is 8.78 Å². The van der Waals surface area contributed by atoms with Crippen LogP contribution in [0.5, 0.6) is 0 Å². The van der Waals surface area contributed by atoms with E-state index in [1.165, 1.54) is 0 Å². The van der Waals surface area contributed by atoms with Gasteiger partial charge in [-0.15, -0.1) is 0 Å². The van der Waals surface area contributed by atoms with Crippen LogP contribution in [-0.4, -0.2) is 4.98 Å². The lowest BCUT2D eigenvalue weighted by Gasteiger charge is -2.06. The molecular formula is C8H5BrF2N2O. The lowest BCUT2D eigenvalue weighted by molar-refractivity contribution is 0.150. The van der Waals surface area contributed by atoms with Gasteiger partial charge in [0.25, 0.3) is 6.43 Å². The van der Waals surface area contributed by atoms with E-state index in [1.807, 2.05) is 0 Å². The van der Waals surface area contributed by atoms with Crippen molar-refractivity contribution in [2.45, 2.75) is 12.8 Å². The van der Waals surface area contributed by atoms with Gasteiger partial charge in [-0.05, 0) is 15.9 Å². The van der Waals surface area contributed by atoms with Crippen LogP contribution in [0.15, 0.2) is 15.5 Å². The van der Waals surface area contributed by atoms with Gasteiger partial charge < -0.3 is 4.98 Å². The minimum absolute atomic E-state index is 0.127. The van der Waals surface area contributed by atoms with E-state index in [4.69, 9.17) is 5.26 Å². The molecule has 1 rings (SSSR count). The molecule has 6 heteroatoms. The predicted octanol–water partition coefficient (Wildman–Crippen LogP) is 2.14. The van der Waals surface area contributed by atoms with Crippen LogP contribution in [0.1, 0.15) is 17.6 Å². The normalized spacial score (nSPS) is 10.2. The van der Waals surface area contributed by atoms with E-state index in [2.05, 4.69) is 20.9 Å². The molecule has 0 aliphatic rings. The zero-order valence-corrected chi connectivity index (χ0v) is 8.44. The van der Waals surface area contributed by atoms with Crippen molar-refractivity contribution in [3.8, 4) is 6.07 Å². The molecule has 0 bridgehead atoms. The Hall–Kier alpha value is -1.22. The first-order valence-corrected chi connectivity index (χ1v) is 4.42. The molecule has 3 nitrogen and oxygen atoms in total. The van der Waals surface area contributed by atoms with Crippen molar-refractivity contribution < 1.29 is 8.78 Å². The highest BCUT2D eigenvalue weighted by molar-refractivity contribution is 9.10. The highest BCUT2D eigenvalue weighted by Crippen LogP contribution is 2.25. The van der Waals surface area contributed by atoms with Crippen LogP contribution in [0.2, 0.25) is 0 Å². The molecule has 0 aliphatic carbocycles. The van der Waals surface area contributed by atoms with E-state index in [0.29, 0.717) is 0 Å². The Morgan fingerprint density at radius 1 is 1.64 bits per heavy atom. The van der Waals surface area contributed by atoms with Crippen LogP contribution in [-0.2, 0) is 6.42 Å². The second-order valence-electron chi connectivity index (χ2n) is 2.52. The van der Waals surface area contributed by atoms with Gasteiger partial charge in [-0.2, -0.15) is 5.26 Å². The monoisotopic (exact) mass is 262 g/mol. The molecule has 14 heavy (non-hydrogen) atoms. The fourth-order valence-corrected chi connectivity index (χ4v) is 1.59. The number of nitrogens with zero attached hydrogens (tertiary/aromatic N) is 1. The largest absolute Gasteiger partial charge is 0.316 e. The lowest BCUT2D eigenvalue weighted by atomic mass is 10.1. The number of hydrogen-bond donors (Lipinski definition) is 1. The fourth-order valence-electron chi connectivity index (χ4n) is 1.03. The van der Waals surface area contributed by atoms with Crippen LogP contribution in [0.25, 0.3) is 0 Å². The van der Waals surface area contributed by atoms with E-state index in [-0.39, 0.29) is 16.6 Å². The molecule has 0 saturated heterocycles. The number of halogens is 3. The Morgan fingerprint density at radius 3 is 2.79 bits per heavy atom. The van der Waals surface area contributed by atoms with E-state index in [9.17, 15) is 13.6 Å². The Morgan fingerprint density at radius 2 is 2.29 bits per heavy atom. The summed E-state index contributed by atoms with van der Waals surface area (Å²) in [7, 11) is 0. The molecule has 0 aliphatic heterocycles. The van der Waals surface area contributed by atoms with Crippen LogP contribution in [0.4, 0.5) is 8.78 Å². The van der Waals surface area contributed by atoms with E-state index < -0.39 is 17.5 Å². The maximum Gasteiger partial charge on any atom is 0.264 e. The highest BCUT2D eigenvalue weighted by atomic mass is 79.9. The highest BCUT2D eigenvalue weighted by Gasteiger charge is 2.16. The summed E-state index contributed by atoms with van der Waals surface area (Å²) in [5.41, 5.74) is -0.891. The molecule has 0 aromatic carbocycles. The number of pyridine rings is 1. The number of aromatic nitrogens is 1. The maximum absolute atomic E-state index is 12.4. The Balaban J connectivity index is 3.38. The van der Waals surface area contributed by atoms with E-state index in [1.54, 1.807) is 6.07 Å². The summed E-state index contributed by atoms with van der Waals surface area (Å²) in [5, 5.41) is 8.41. The van der Waals surface area contributed by atoms with Gasteiger partial charge >= 0.3 is 0 Å². The number of alkyl halides is 2. The maximum atomic E-state index is 12.4. The molecule has 0 spiro atoms. The van der Waals surface area contributed by atoms with Crippen molar-refractivity contribution in [3.63, 3.8) is 0 Å². The quantitative estimate of drug-likeness (QED) is 0.831. The first kappa shape index (κ1) is 10.9. The molecule has 0 saturated carbocycles. The summed E-state index contributed by atoms with van der Waals surface area (Å²) < 4.78 is 25.0. The van der Waals surface area contributed by atoms with Gasteiger partial charge in [0.05, 0.1) is 17.1 Å². The van der Waals surface area contributed by atoms with E-state index >= 15 is 0 Å². The molecule has 0 atom stereocenters. The first-order chi connectivity index (χ1) is 6.56. The Kier molecular flexibility index (Phi) is 3.36. The molecule has 1 aromatic rings. The Labute approximate surface area is 86.5 Å². The summed E-state index contributed by atoms with van der Waals surface area (Å²) >= 11 is 2.93. The second-order valence-corrected chi connectivity index (χ2v) is 3.31. The number of hydrogen-bond acceptors (Lipinski definition) is 2. The molecule has 1 aromatic heterocycles. The van der Waals surface area contributed by atoms with Gasteiger partial charge in [-0.1, -0.05) is 0 Å². The third-order valence-electron chi connectivity index (χ3n) is 1.62. The van der Waals surface area contributed by atoms with Crippen LogP contribution in [0.3, 0.4) is 0 Å². The third-order valence-corrected chi connectivity index (χ3v) is 2.30. The molecule has 0 fully saturated rings. The zero-order chi connectivity index (χ0) is 10.7. The Bertz CT molecular complexity index is 436. The molecule has 1 N–H and O–H groups in total. The smallest absolute Gasteiger partial charge is 0.264 e. The average Bonchev–Trinajstić information content (AvgIpc) is 2.09. The standard InChI is InChI=1S/C8H5BrF2N2O/c9-7-4(1-2-12)5(8(10)11)3-6(14)13-7/h3,8H,1H2,(H,13,14). The number of H-pyrrole nitrogens is 1. The topological polar surface area (TPSA) is 56.6 Å². The first-order valence-electron chi connectivity index (χ1n) is 3.63. The second kappa shape index (κ2) is 4.33. The van der Waals surface area contributed by atoms with Crippen molar-refractivity contribution in [2.75, 3.05) is 0 Å². The van der Waals surface area contributed by atoms with Crippen molar-refractivity contribution in [2.24, 2.45) is 0 Å². The minimum Gasteiger partial charge on any atom is -0.316 e. The van der Waals surface area contributed by atoms with Crippen molar-refractivity contribution in [3.05, 3.63) is 32.2 Å². The zero-order valence-electron chi connectivity index (χ0n) is 6.85. The van der Waals surface area contributed by atoms with Crippen LogP contribution < -0.4 is 5.56 Å². The van der Waals surface area contributed by atoms with Gasteiger partial charge in [0.2, 0.25) is 5.56 Å². The molecular weight excluding hydrogens is 258 g/mol. The van der Waals surface area contributed by atoms with Crippen molar-refractivity contribution >= 4 is 15.9 Å². The molecule has 0 amide bonds. The third kappa shape index (κ3) is 2.17. The van der Waals surface area contributed by atoms with Gasteiger partial charge in [0, 0.05) is 17.2 Å². The number of aromatic amines is 1. The molecule has 0 radical (unpaired) electrons. The summed E-state index contributed by atoms with van der Waals surface area (Å²) in [6, 6.07) is 2.56. The van der Waals surface area contributed by atoms with Crippen LogP contribution in [0, 0.1) is 11.3 Å². The van der Waals surface area contributed by atoms with Crippen LogP contribution >= 0.6 is 15.9 Å². The molecule has 0 unspecified atom stereocenters. The van der Waals surface area contributed by atoms with Gasteiger partial charge in [0.15, 0.2) is 0 Å². The summed E-state index contributed by atoms with van der Waals surface area (Å²) in [5.74, 6) is 0. The van der Waals surface area contributed by atoms with Gasteiger partial charge in [0.1, 0.15) is 0 Å². The lowest BCUT2D eigenvalue weighted by Crippen LogP contribution is -2.10. The fraction of sp³-hybridized carbons (Fsp3) is 0.250. The van der Waals surface area contributed by atoms with Gasteiger partial charge in [-0.3, -0.25) is 4.79 Å². The SMILES string of the molecule is N#CCc1c(C(F)F)cc(=O)[nH]c1Br. The average molecular weight is 263 g/mol. The van der Waals surface area contributed by atoms with Crippen molar-refractivity contribution in [1.82, 2.24) is 4.98 Å². The molecule has 74 valence electrons. The van der Waals surface area contributed by atoms with E-state index in [0.717, 1.165) is 6.07 Å². The number of rotatable bonds is 2. The summed E-state index contributed by atoms with van der Waals surface area (Å²) in [4.78, 5) is 13.2. The summed E-state index contributed by atoms with van der Waals surface area (Å²) in [6.45, 7) is 0.